The molecule has 1 amide bonds. The average molecular weight is 309 g/mol. The predicted molar refractivity (Wildman–Crippen MR) is 75.2 cm³/mol. The first-order chi connectivity index (χ1) is 10.1. The van der Waals surface area contributed by atoms with E-state index in [1.807, 2.05) is 0 Å². The Hall–Kier alpha value is -1.83. The number of carbonyl (C=O) groups excluding carboxylic acids is 2. The SMILES string of the molecule is COC(=O)C1CCN(C(=O)c2cnc3n(c2=O)CCS3)C1. The third-order valence-electron chi connectivity index (χ3n) is 3.80. The molecule has 7 nitrogen and oxygen atoms in total. The summed E-state index contributed by atoms with van der Waals surface area (Å²) in [4.78, 5) is 41.9. The molecule has 0 saturated carbocycles. The molecule has 3 heterocycles. The summed E-state index contributed by atoms with van der Waals surface area (Å²) >= 11 is 1.51. The number of likely N-dealkylation sites (tertiary alicyclic amines) is 1. The van der Waals surface area contributed by atoms with Gasteiger partial charge in [-0.05, 0) is 6.42 Å². The summed E-state index contributed by atoms with van der Waals surface area (Å²) in [7, 11) is 1.33. The lowest BCUT2D eigenvalue weighted by atomic mass is 10.1. The highest BCUT2D eigenvalue weighted by molar-refractivity contribution is 7.99. The third kappa shape index (κ3) is 2.44. The zero-order valence-corrected chi connectivity index (χ0v) is 12.4. The Balaban J connectivity index is 1.81. The fourth-order valence-corrected chi connectivity index (χ4v) is 3.55. The Bertz CT molecular complexity index is 657. The van der Waals surface area contributed by atoms with Gasteiger partial charge in [-0.2, -0.15) is 0 Å². The van der Waals surface area contributed by atoms with Crippen LogP contribution in [0.2, 0.25) is 0 Å². The van der Waals surface area contributed by atoms with E-state index in [4.69, 9.17) is 4.74 Å². The molecule has 2 aliphatic rings. The van der Waals surface area contributed by atoms with Crippen molar-refractivity contribution in [2.45, 2.75) is 18.1 Å². The van der Waals surface area contributed by atoms with Crippen LogP contribution >= 0.6 is 11.8 Å². The molecule has 1 unspecified atom stereocenters. The van der Waals surface area contributed by atoms with Crippen LogP contribution in [0, 0.1) is 5.92 Å². The molecule has 1 aromatic rings. The van der Waals surface area contributed by atoms with Crippen molar-refractivity contribution < 1.29 is 14.3 Å². The van der Waals surface area contributed by atoms with Crippen LogP contribution in [-0.2, 0) is 16.1 Å². The van der Waals surface area contributed by atoms with Crippen LogP contribution in [0.3, 0.4) is 0 Å². The molecule has 1 saturated heterocycles. The van der Waals surface area contributed by atoms with Crippen LogP contribution in [0.25, 0.3) is 0 Å². The minimum absolute atomic E-state index is 0.0757. The number of rotatable bonds is 2. The van der Waals surface area contributed by atoms with Gasteiger partial charge in [0.25, 0.3) is 11.5 Å². The molecule has 3 rings (SSSR count). The van der Waals surface area contributed by atoms with Crippen LogP contribution in [-0.4, -0.2) is 52.3 Å². The maximum atomic E-state index is 12.4. The van der Waals surface area contributed by atoms with Gasteiger partial charge in [0.05, 0.1) is 13.0 Å². The summed E-state index contributed by atoms with van der Waals surface area (Å²) in [6, 6.07) is 0. The van der Waals surface area contributed by atoms with Gasteiger partial charge in [0.2, 0.25) is 0 Å². The van der Waals surface area contributed by atoms with E-state index in [0.29, 0.717) is 31.2 Å². The van der Waals surface area contributed by atoms with E-state index >= 15 is 0 Å². The van der Waals surface area contributed by atoms with Gasteiger partial charge in [0, 0.05) is 31.6 Å². The lowest BCUT2D eigenvalue weighted by Gasteiger charge is -2.16. The fraction of sp³-hybridized carbons (Fsp3) is 0.538. The highest BCUT2D eigenvalue weighted by Crippen LogP contribution is 2.22. The molecule has 0 aromatic carbocycles. The Morgan fingerprint density at radius 1 is 1.43 bits per heavy atom. The number of thioether (sulfide) groups is 1. The van der Waals surface area contributed by atoms with E-state index < -0.39 is 0 Å². The lowest BCUT2D eigenvalue weighted by molar-refractivity contribution is -0.144. The topological polar surface area (TPSA) is 81.5 Å². The highest BCUT2D eigenvalue weighted by atomic mass is 32.2. The molecule has 8 heteroatoms. The average Bonchev–Trinajstić information content (AvgIpc) is 3.15. The van der Waals surface area contributed by atoms with Gasteiger partial charge in [-0.15, -0.1) is 0 Å². The second-order valence-corrected chi connectivity index (χ2v) is 6.08. The lowest BCUT2D eigenvalue weighted by Crippen LogP contribution is -2.36. The minimum atomic E-state index is -0.355. The third-order valence-corrected chi connectivity index (χ3v) is 4.77. The van der Waals surface area contributed by atoms with Gasteiger partial charge in [0.15, 0.2) is 5.16 Å². The zero-order chi connectivity index (χ0) is 15.0. The molecule has 0 radical (unpaired) electrons. The van der Waals surface area contributed by atoms with Crippen molar-refractivity contribution >= 4 is 23.6 Å². The predicted octanol–water partition coefficient (Wildman–Crippen LogP) is -0.0159. The number of fused-ring (bicyclic) bond motifs is 1. The van der Waals surface area contributed by atoms with Crippen molar-refractivity contribution in [3.05, 3.63) is 22.1 Å². The van der Waals surface area contributed by atoms with E-state index in [-0.39, 0.29) is 28.9 Å². The van der Waals surface area contributed by atoms with E-state index in [1.54, 1.807) is 0 Å². The maximum absolute atomic E-state index is 12.4. The molecule has 1 atom stereocenters. The number of aromatic nitrogens is 2. The molecule has 2 aliphatic heterocycles. The summed E-state index contributed by atoms with van der Waals surface area (Å²) in [5.74, 6) is -0.176. The number of hydrogen-bond acceptors (Lipinski definition) is 6. The van der Waals surface area contributed by atoms with Gasteiger partial charge in [0.1, 0.15) is 5.56 Å². The fourth-order valence-electron chi connectivity index (χ4n) is 2.64. The monoisotopic (exact) mass is 309 g/mol. The molecule has 0 spiro atoms. The molecule has 1 aromatic heterocycles. The normalized spacial score (nSPS) is 20.4. The second kappa shape index (κ2) is 5.51. The smallest absolute Gasteiger partial charge is 0.310 e. The number of carbonyl (C=O) groups is 2. The van der Waals surface area contributed by atoms with E-state index in [2.05, 4.69) is 4.98 Å². The Labute approximate surface area is 125 Å². The van der Waals surface area contributed by atoms with Gasteiger partial charge in [-0.1, -0.05) is 11.8 Å². The van der Waals surface area contributed by atoms with Gasteiger partial charge < -0.3 is 9.64 Å². The van der Waals surface area contributed by atoms with E-state index in [9.17, 15) is 14.4 Å². The molecule has 0 N–H and O–H groups in total. The van der Waals surface area contributed by atoms with Crippen molar-refractivity contribution in [3.8, 4) is 0 Å². The highest BCUT2D eigenvalue weighted by Gasteiger charge is 2.33. The van der Waals surface area contributed by atoms with Crippen LogP contribution in [0.5, 0.6) is 0 Å². The summed E-state index contributed by atoms with van der Waals surface area (Å²) in [5, 5.41) is 0.658. The minimum Gasteiger partial charge on any atom is -0.469 e. The van der Waals surface area contributed by atoms with Crippen LogP contribution in [0.4, 0.5) is 0 Å². The Morgan fingerprint density at radius 2 is 2.24 bits per heavy atom. The summed E-state index contributed by atoms with van der Waals surface area (Å²) in [5.41, 5.74) is -0.219. The largest absolute Gasteiger partial charge is 0.469 e. The van der Waals surface area contributed by atoms with Crippen molar-refractivity contribution in [3.63, 3.8) is 0 Å². The first kappa shape index (κ1) is 14.1. The van der Waals surface area contributed by atoms with Gasteiger partial charge in [-0.25, -0.2) is 4.98 Å². The molecule has 21 heavy (non-hydrogen) atoms. The number of ether oxygens (including phenoxy) is 1. The molecule has 112 valence electrons. The summed E-state index contributed by atoms with van der Waals surface area (Å²) in [6.45, 7) is 1.33. The van der Waals surface area contributed by atoms with Crippen molar-refractivity contribution in [2.75, 3.05) is 26.0 Å². The molecule has 0 aliphatic carbocycles. The van der Waals surface area contributed by atoms with Crippen molar-refractivity contribution in [1.29, 1.82) is 0 Å². The first-order valence-electron chi connectivity index (χ1n) is 6.71. The summed E-state index contributed by atoms with van der Waals surface area (Å²) in [6.07, 6.45) is 1.91. The quantitative estimate of drug-likeness (QED) is 0.564. The second-order valence-electron chi connectivity index (χ2n) is 5.02. The number of amides is 1. The van der Waals surface area contributed by atoms with Crippen LogP contribution < -0.4 is 5.56 Å². The Morgan fingerprint density at radius 3 is 3.00 bits per heavy atom. The molecule has 1 fully saturated rings. The Kier molecular flexibility index (Phi) is 3.71. The van der Waals surface area contributed by atoms with Crippen LogP contribution in [0.15, 0.2) is 16.1 Å². The van der Waals surface area contributed by atoms with Crippen molar-refractivity contribution in [1.82, 2.24) is 14.5 Å². The molecular formula is C13H15N3O4S. The van der Waals surface area contributed by atoms with Crippen LogP contribution in [0.1, 0.15) is 16.8 Å². The number of methoxy groups -OCH3 is 1. The maximum Gasteiger partial charge on any atom is 0.310 e. The summed E-state index contributed by atoms with van der Waals surface area (Å²) < 4.78 is 6.23. The number of esters is 1. The zero-order valence-electron chi connectivity index (χ0n) is 11.6. The van der Waals surface area contributed by atoms with E-state index in [0.717, 1.165) is 5.75 Å². The number of hydrogen-bond donors (Lipinski definition) is 0. The van der Waals surface area contributed by atoms with E-state index in [1.165, 1.54) is 34.5 Å². The molecule has 0 bridgehead atoms. The standard InChI is InChI=1S/C13H15N3O4S/c1-20-12(19)8-2-3-15(7-8)10(17)9-6-14-13-16(11(9)18)4-5-21-13/h6,8H,2-5,7H2,1H3. The van der Waals surface area contributed by atoms with Gasteiger partial charge >= 0.3 is 5.97 Å². The molecular weight excluding hydrogens is 294 g/mol. The first-order valence-corrected chi connectivity index (χ1v) is 7.70. The van der Waals surface area contributed by atoms with Gasteiger partial charge in [-0.3, -0.25) is 19.0 Å². The number of nitrogens with zero attached hydrogens (tertiary/aromatic N) is 3. The van der Waals surface area contributed by atoms with Crippen molar-refractivity contribution in [2.24, 2.45) is 5.92 Å².